The van der Waals surface area contributed by atoms with E-state index in [0.717, 1.165) is 4.90 Å². The molecule has 11 nitrogen and oxygen atoms in total. The molecule has 0 aromatic rings. The van der Waals surface area contributed by atoms with Gasteiger partial charge in [0.05, 0.1) is 12.5 Å². The number of likely N-dealkylation sites (tertiary alicyclic amines) is 1. The van der Waals surface area contributed by atoms with Crippen LogP contribution in [0.5, 0.6) is 0 Å². The number of carboxylic acid groups (broad SMARTS) is 1. The number of nitrogens with one attached hydrogen (secondary N) is 2. The molecule has 0 aliphatic carbocycles. The maximum Gasteiger partial charge on any atom is 0.326 e. The zero-order valence-electron chi connectivity index (χ0n) is 16.3. The first-order chi connectivity index (χ1) is 13.0. The highest BCUT2D eigenvalue weighted by Gasteiger charge is 2.39. The first-order valence-corrected chi connectivity index (χ1v) is 9.13. The van der Waals surface area contributed by atoms with Crippen LogP contribution in [0.15, 0.2) is 0 Å². The van der Waals surface area contributed by atoms with E-state index in [0.29, 0.717) is 6.42 Å². The molecule has 0 saturated carbocycles. The molecule has 1 fully saturated rings. The Balaban J connectivity index is 2.98. The third-order valence-corrected chi connectivity index (χ3v) is 4.50. The largest absolute Gasteiger partial charge is 0.480 e. The molecule has 0 aromatic heterocycles. The number of nitrogens with zero attached hydrogens (tertiary/aromatic N) is 1. The van der Waals surface area contributed by atoms with Crippen molar-refractivity contribution in [1.82, 2.24) is 15.5 Å². The predicted molar refractivity (Wildman–Crippen MR) is 98.5 cm³/mol. The molecule has 4 atom stereocenters. The number of carbonyl (C=O) groups excluding carboxylic acids is 4. The van der Waals surface area contributed by atoms with Gasteiger partial charge in [0.1, 0.15) is 18.1 Å². The maximum absolute atomic E-state index is 12.8. The third-order valence-electron chi connectivity index (χ3n) is 4.50. The molecule has 1 rings (SSSR count). The van der Waals surface area contributed by atoms with E-state index >= 15 is 0 Å². The minimum absolute atomic E-state index is 0.204. The van der Waals surface area contributed by atoms with Crippen LogP contribution < -0.4 is 22.1 Å². The molecule has 1 heterocycles. The van der Waals surface area contributed by atoms with Gasteiger partial charge in [-0.1, -0.05) is 13.8 Å². The van der Waals surface area contributed by atoms with E-state index in [9.17, 15) is 29.1 Å². The third kappa shape index (κ3) is 6.19. The molecule has 1 aliphatic heterocycles. The minimum atomic E-state index is -1.32. The van der Waals surface area contributed by atoms with E-state index < -0.39 is 60.2 Å². The highest BCUT2D eigenvalue weighted by molar-refractivity contribution is 5.96. The molecule has 158 valence electrons. The lowest BCUT2D eigenvalue weighted by atomic mass is 10.0. The normalized spacial score (nSPS) is 19.6. The fraction of sp³-hybridized carbons (Fsp3) is 0.706. The Morgan fingerprint density at radius 3 is 2.18 bits per heavy atom. The van der Waals surface area contributed by atoms with Crippen LogP contribution in [-0.2, 0) is 24.0 Å². The fourth-order valence-corrected chi connectivity index (χ4v) is 2.97. The van der Waals surface area contributed by atoms with Gasteiger partial charge in [0.25, 0.3) is 0 Å². The number of primary amides is 1. The molecule has 1 aliphatic rings. The van der Waals surface area contributed by atoms with Crippen molar-refractivity contribution in [3.05, 3.63) is 0 Å². The highest BCUT2D eigenvalue weighted by atomic mass is 16.4. The van der Waals surface area contributed by atoms with E-state index in [2.05, 4.69) is 10.6 Å². The number of amides is 4. The van der Waals surface area contributed by atoms with Crippen LogP contribution in [0.2, 0.25) is 0 Å². The van der Waals surface area contributed by atoms with Crippen molar-refractivity contribution in [2.24, 2.45) is 17.4 Å². The molecule has 4 unspecified atom stereocenters. The molecule has 7 N–H and O–H groups in total. The smallest absolute Gasteiger partial charge is 0.326 e. The standard InChI is InChI=1S/C17H29N5O6/c1-8(2)13(21-14(24)9(3)18)15(25)20-10(7-12(19)23)16(26)22-6-4-5-11(22)17(27)28/h8-11,13H,4-7,18H2,1-3H3,(H2,19,23)(H,20,25)(H,21,24)(H,27,28). The quantitative estimate of drug-likeness (QED) is 0.294. The summed E-state index contributed by atoms with van der Waals surface area (Å²) in [5.41, 5.74) is 10.7. The van der Waals surface area contributed by atoms with Gasteiger partial charge in [-0.15, -0.1) is 0 Å². The predicted octanol–water partition coefficient (Wildman–Crippen LogP) is -2.09. The van der Waals surface area contributed by atoms with Crippen molar-refractivity contribution in [1.29, 1.82) is 0 Å². The Morgan fingerprint density at radius 1 is 1.11 bits per heavy atom. The summed E-state index contributed by atoms with van der Waals surface area (Å²) in [6.07, 6.45) is 0.301. The minimum Gasteiger partial charge on any atom is -0.480 e. The Labute approximate surface area is 163 Å². The second kappa shape index (κ2) is 10.0. The van der Waals surface area contributed by atoms with E-state index in [1.165, 1.54) is 6.92 Å². The fourth-order valence-electron chi connectivity index (χ4n) is 2.97. The van der Waals surface area contributed by atoms with Gasteiger partial charge < -0.3 is 32.1 Å². The van der Waals surface area contributed by atoms with Crippen molar-refractivity contribution in [3.8, 4) is 0 Å². The van der Waals surface area contributed by atoms with Crippen molar-refractivity contribution in [2.45, 2.75) is 64.2 Å². The topological polar surface area (TPSA) is 185 Å². The summed E-state index contributed by atoms with van der Waals surface area (Å²) < 4.78 is 0. The van der Waals surface area contributed by atoms with Crippen LogP contribution in [0.25, 0.3) is 0 Å². The van der Waals surface area contributed by atoms with Crippen LogP contribution in [-0.4, -0.2) is 70.3 Å². The zero-order chi connectivity index (χ0) is 21.6. The number of carboxylic acids is 1. The number of rotatable bonds is 9. The van der Waals surface area contributed by atoms with E-state index in [1.807, 2.05) is 0 Å². The Bertz CT molecular complexity index is 636. The Kier molecular flexibility index (Phi) is 8.35. The average Bonchev–Trinajstić information content (AvgIpc) is 3.07. The lowest BCUT2D eigenvalue weighted by molar-refractivity contribution is -0.149. The summed E-state index contributed by atoms with van der Waals surface area (Å²) in [7, 11) is 0. The molecule has 11 heteroatoms. The summed E-state index contributed by atoms with van der Waals surface area (Å²) in [5.74, 6) is -4.24. The van der Waals surface area contributed by atoms with Gasteiger partial charge in [-0.25, -0.2) is 4.79 Å². The average molecular weight is 399 g/mol. The Morgan fingerprint density at radius 2 is 1.71 bits per heavy atom. The van der Waals surface area contributed by atoms with Crippen LogP contribution >= 0.6 is 0 Å². The molecule has 0 spiro atoms. The van der Waals surface area contributed by atoms with Crippen LogP contribution in [0.4, 0.5) is 0 Å². The van der Waals surface area contributed by atoms with Crippen LogP contribution in [0, 0.1) is 5.92 Å². The first kappa shape index (κ1) is 23.3. The summed E-state index contributed by atoms with van der Waals surface area (Å²) >= 11 is 0. The highest BCUT2D eigenvalue weighted by Crippen LogP contribution is 2.19. The van der Waals surface area contributed by atoms with Gasteiger partial charge in [-0.2, -0.15) is 0 Å². The number of hydrogen-bond acceptors (Lipinski definition) is 6. The zero-order valence-corrected chi connectivity index (χ0v) is 16.3. The van der Waals surface area contributed by atoms with Gasteiger partial charge in [-0.3, -0.25) is 19.2 Å². The van der Waals surface area contributed by atoms with Crippen molar-refractivity contribution >= 4 is 29.6 Å². The van der Waals surface area contributed by atoms with Crippen LogP contribution in [0.3, 0.4) is 0 Å². The number of nitrogens with two attached hydrogens (primary N) is 2. The van der Waals surface area contributed by atoms with Crippen LogP contribution in [0.1, 0.15) is 40.0 Å². The lowest BCUT2D eigenvalue weighted by Crippen LogP contribution is -2.58. The number of aliphatic carboxylic acids is 1. The Hall–Kier alpha value is -2.69. The lowest BCUT2D eigenvalue weighted by Gasteiger charge is -2.29. The van der Waals surface area contributed by atoms with E-state index in [-0.39, 0.29) is 18.9 Å². The molecular formula is C17H29N5O6. The molecule has 0 radical (unpaired) electrons. The first-order valence-electron chi connectivity index (χ1n) is 9.13. The second-order valence-corrected chi connectivity index (χ2v) is 7.28. The second-order valence-electron chi connectivity index (χ2n) is 7.28. The van der Waals surface area contributed by atoms with E-state index in [4.69, 9.17) is 11.5 Å². The van der Waals surface area contributed by atoms with Gasteiger partial charge in [0.2, 0.25) is 23.6 Å². The molecule has 28 heavy (non-hydrogen) atoms. The molecule has 4 amide bonds. The molecule has 0 aromatic carbocycles. The number of carbonyl (C=O) groups is 5. The number of hydrogen-bond donors (Lipinski definition) is 5. The van der Waals surface area contributed by atoms with Gasteiger partial charge in [0.15, 0.2) is 0 Å². The summed E-state index contributed by atoms with van der Waals surface area (Å²) in [4.78, 5) is 61.2. The molecule has 1 saturated heterocycles. The van der Waals surface area contributed by atoms with Gasteiger partial charge in [0, 0.05) is 6.54 Å². The summed E-state index contributed by atoms with van der Waals surface area (Å²) in [6.45, 7) is 5.05. The summed E-state index contributed by atoms with van der Waals surface area (Å²) in [5, 5.41) is 14.2. The van der Waals surface area contributed by atoms with E-state index in [1.54, 1.807) is 13.8 Å². The molecular weight excluding hydrogens is 370 g/mol. The summed E-state index contributed by atoms with van der Waals surface area (Å²) in [6, 6.07) is -4.16. The monoisotopic (exact) mass is 399 g/mol. The molecule has 0 bridgehead atoms. The van der Waals surface area contributed by atoms with Crippen molar-refractivity contribution < 1.29 is 29.1 Å². The van der Waals surface area contributed by atoms with Crippen molar-refractivity contribution in [3.63, 3.8) is 0 Å². The van der Waals surface area contributed by atoms with Gasteiger partial charge >= 0.3 is 5.97 Å². The van der Waals surface area contributed by atoms with Crippen molar-refractivity contribution in [2.75, 3.05) is 6.54 Å². The maximum atomic E-state index is 12.8. The SMILES string of the molecule is CC(N)C(=O)NC(C(=O)NC(CC(N)=O)C(=O)N1CCCC1C(=O)O)C(C)C. The van der Waals surface area contributed by atoms with Gasteiger partial charge in [-0.05, 0) is 25.7 Å².